The standard InChI is InChI=1S/C28H26F6O2/c1-2-3-4-5-18-15-35-27(36-16-18)21-10-11-22-20(14-21)9-8-19(26(22)31)7-6-17-12-23(29)25(24(30)13-17)28(32,33)34/h2-3,8-14,18,27H,4-7,15-16H2,1H3/b3-2+. The molecule has 192 valence electrons. The quantitative estimate of drug-likeness (QED) is 0.237. The van der Waals surface area contributed by atoms with E-state index in [9.17, 15) is 22.0 Å². The number of allylic oxidation sites excluding steroid dienone is 2. The van der Waals surface area contributed by atoms with Gasteiger partial charge in [0.05, 0.1) is 13.2 Å². The third kappa shape index (κ3) is 5.93. The van der Waals surface area contributed by atoms with Crippen molar-refractivity contribution in [3.05, 3.63) is 94.3 Å². The van der Waals surface area contributed by atoms with Crippen molar-refractivity contribution in [3.63, 3.8) is 0 Å². The zero-order valence-corrected chi connectivity index (χ0v) is 19.7. The van der Waals surface area contributed by atoms with Gasteiger partial charge in [-0.25, -0.2) is 13.2 Å². The molecule has 2 nitrogen and oxygen atoms in total. The molecule has 0 aromatic heterocycles. The molecule has 1 heterocycles. The van der Waals surface area contributed by atoms with Crippen molar-refractivity contribution in [2.75, 3.05) is 13.2 Å². The van der Waals surface area contributed by atoms with E-state index >= 15 is 4.39 Å². The fourth-order valence-electron chi connectivity index (χ4n) is 4.42. The minimum absolute atomic E-state index is 0.0171. The van der Waals surface area contributed by atoms with E-state index in [1.165, 1.54) is 0 Å². The van der Waals surface area contributed by atoms with Gasteiger partial charge in [0.15, 0.2) is 6.29 Å². The van der Waals surface area contributed by atoms with Gasteiger partial charge in [-0.3, -0.25) is 0 Å². The molecule has 1 aliphatic rings. The van der Waals surface area contributed by atoms with Gasteiger partial charge in [-0.15, -0.1) is 0 Å². The Labute approximate surface area is 205 Å². The van der Waals surface area contributed by atoms with Crippen LogP contribution in [-0.4, -0.2) is 13.2 Å². The second kappa shape index (κ2) is 11.0. The molecule has 0 N–H and O–H groups in total. The lowest BCUT2D eigenvalue weighted by molar-refractivity contribution is -0.205. The van der Waals surface area contributed by atoms with Crippen LogP contribution in [0.1, 0.15) is 48.3 Å². The van der Waals surface area contributed by atoms with Crippen LogP contribution >= 0.6 is 0 Å². The summed E-state index contributed by atoms with van der Waals surface area (Å²) in [6.45, 7) is 3.15. The fraction of sp³-hybridized carbons (Fsp3) is 0.357. The second-order valence-electron chi connectivity index (χ2n) is 8.96. The van der Waals surface area contributed by atoms with Gasteiger partial charge in [-0.05, 0) is 67.3 Å². The van der Waals surface area contributed by atoms with E-state index in [4.69, 9.17) is 9.47 Å². The van der Waals surface area contributed by atoms with Gasteiger partial charge in [0, 0.05) is 16.9 Å². The fourth-order valence-corrected chi connectivity index (χ4v) is 4.42. The smallest absolute Gasteiger partial charge is 0.348 e. The Balaban J connectivity index is 1.44. The van der Waals surface area contributed by atoms with Crippen molar-refractivity contribution < 1.29 is 35.8 Å². The summed E-state index contributed by atoms with van der Waals surface area (Å²) in [6.07, 6.45) is 0.465. The predicted molar refractivity (Wildman–Crippen MR) is 125 cm³/mol. The van der Waals surface area contributed by atoms with Crippen molar-refractivity contribution in [1.29, 1.82) is 0 Å². The van der Waals surface area contributed by atoms with Crippen LogP contribution in [0.25, 0.3) is 10.8 Å². The topological polar surface area (TPSA) is 18.5 Å². The largest absolute Gasteiger partial charge is 0.422 e. The third-order valence-electron chi connectivity index (χ3n) is 6.34. The number of ether oxygens (including phenoxy) is 2. The van der Waals surface area contributed by atoms with Crippen LogP contribution in [0.4, 0.5) is 26.3 Å². The Bertz CT molecular complexity index is 1220. The zero-order valence-electron chi connectivity index (χ0n) is 19.7. The van der Waals surface area contributed by atoms with Crippen LogP contribution in [-0.2, 0) is 28.5 Å². The van der Waals surface area contributed by atoms with Gasteiger partial charge < -0.3 is 9.47 Å². The summed E-state index contributed by atoms with van der Waals surface area (Å²) in [5.74, 6) is -3.52. The molecule has 0 amide bonds. The van der Waals surface area contributed by atoms with E-state index in [0.717, 1.165) is 18.4 Å². The predicted octanol–water partition coefficient (Wildman–Crippen LogP) is 8.08. The molecule has 0 bridgehead atoms. The van der Waals surface area contributed by atoms with Crippen LogP contribution in [0.15, 0.2) is 54.6 Å². The number of fused-ring (bicyclic) bond motifs is 1. The Hall–Kier alpha value is -2.84. The molecule has 1 saturated heterocycles. The SMILES string of the molecule is C/C=C/CCC1COC(c2ccc3c(F)c(CCc4cc(F)c(C(F)(F)F)c(F)c4)ccc3c2)OC1. The van der Waals surface area contributed by atoms with Gasteiger partial charge in [-0.1, -0.05) is 36.4 Å². The third-order valence-corrected chi connectivity index (χ3v) is 6.34. The van der Waals surface area contributed by atoms with Crippen molar-refractivity contribution >= 4 is 10.8 Å². The molecular formula is C28H26F6O2. The molecular weight excluding hydrogens is 482 g/mol. The zero-order chi connectivity index (χ0) is 25.9. The molecule has 36 heavy (non-hydrogen) atoms. The number of aryl methyl sites for hydroxylation is 2. The molecule has 0 saturated carbocycles. The molecule has 1 aliphatic heterocycles. The summed E-state index contributed by atoms with van der Waals surface area (Å²) in [7, 11) is 0. The monoisotopic (exact) mass is 508 g/mol. The number of rotatable bonds is 7. The van der Waals surface area contributed by atoms with Crippen LogP contribution in [0.2, 0.25) is 0 Å². The summed E-state index contributed by atoms with van der Waals surface area (Å²) in [5, 5.41) is 1.00. The summed E-state index contributed by atoms with van der Waals surface area (Å²) in [5.41, 5.74) is -0.833. The van der Waals surface area contributed by atoms with E-state index in [1.54, 1.807) is 30.3 Å². The molecule has 0 aliphatic carbocycles. The van der Waals surface area contributed by atoms with Crippen molar-refractivity contribution in [2.24, 2.45) is 5.92 Å². The molecule has 3 aromatic rings. The summed E-state index contributed by atoms with van der Waals surface area (Å²) < 4.78 is 92.9. The molecule has 0 radical (unpaired) electrons. The van der Waals surface area contributed by atoms with E-state index in [-0.39, 0.29) is 18.4 Å². The highest BCUT2D eigenvalue weighted by Crippen LogP contribution is 2.35. The maximum absolute atomic E-state index is 15.2. The summed E-state index contributed by atoms with van der Waals surface area (Å²) in [4.78, 5) is 0. The summed E-state index contributed by atoms with van der Waals surface area (Å²) in [6, 6.07) is 9.75. The number of hydrogen-bond donors (Lipinski definition) is 0. The van der Waals surface area contributed by atoms with Gasteiger partial charge in [0.1, 0.15) is 23.0 Å². The first-order valence-corrected chi connectivity index (χ1v) is 11.8. The lowest BCUT2D eigenvalue weighted by Gasteiger charge is -2.29. The Morgan fingerprint density at radius 2 is 1.61 bits per heavy atom. The van der Waals surface area contributed by atoms with E-state index in [1.807, 2.05) is 13.0 Å². The molecule has 0 spiro atoms. The maximum Gasteiger partial charge on any atom is 0.422 e. The van der Waals surface area contributed by atoms with Crippen LogP contribution in [0.5, 0.6) is 0 Å². The molecule has 0 unspecified atom stereocenters. The number of halogens is 6. The number of benzene rings is 3. The van der Waals surface area contributed by atoms with Gasteiger partial charge in [0.25, 0.3) is 0 Å². The minimum atomic E-state index is -5.13. The Kier molecular flexibility index (Phi) is 8.05. The van der Waals surface area contributed by atoms with E-state index in [2.05, 4.69) is 6.08 Å². The minimum Gasteiger partial charge on any atom is -0.348 e. The van der Waals surface area contributed by atoms with E-state index in [0.29, 0.717) is 47.6 Å². The van der Waals surface area contributed by atoms with Gasteiger partial charge in [0.2, 0.25) is 0 Å². The first-order valence-electron chi connectivity index (χ1n) is 11.8. The first kappa shape index (κ1) is 26.2. The molecule has 8 heteroatoms. The normalized spacial score (nSPS) is 18.9. The average molecular weight is 509 g/mol. The maximum atomic E-state index is 15.2. The number of alkyl halides is 3. The molecule has 4 rings (SSSR count). The van der Waals surface area contributed by atoms with E-state index < -0.39 is 35.5 Å². The van der Waals surface area contributed by atoms with Crippen LogP contribution < -0.4 is 0 Å². The first-order chi connectivity index (χ1) is 17.2. The van der Waals surface area contributed by atoms with Crippen molar-refractivity contribution in [3.8, 4) is 0 Å². The lowest BCUT2D eigenvalue weighted by atomic mass is 9.98. The van der Waals surface area contributed by atoms with Gasteiger partial charge >= 0.3 is 6.18 Å². The average Bonchev–Trinajstić information content (AvgIpc) is 2.83. The molecule has 3 aromatic carbocycles. The van der Waals surface area contributed by atoms with Crippen LogP contribution in [0.3, 0.4) is 0 Å². The Morgan fingerprint density at radius 3 is 2.25 bits per heavy atom. The summed E-state index contributed by atoms with van der Waals surface area (Å²) >= 11 is 0. The highest BCUT2D eigenvalue weighted by Gasteiger charge is 2.37. The number of hydrogen-bond acceptors (Lipinski definition) is 2. The van der Waals surface area contributed by atoms with Crippen molar-refractivity contribution in [1.82, 2.24) is 0 Å². The van der Waals surface area contributed by atoms with Crippen molar-refractivity contribution in [2.45, 2.75) is 45.1 Å². The van der Waals surface area contributed by atoms with Crippen LogP contribution in [0, 0.1) is 23.4 Å². The lowest BCUT2D eigenvalue weighted by Crippen LogP contribution is -2.27. The molecule has 0 atom stereocenters. The Morgan fingerprint density at radius 1 is 0.917 bits per heavy atom. The highest BCUT2D eigenvalue weighted by molar-refractivity contribution is 5.84. The second-order valence-corrected chi connectivity index (χ2v) is 8.96. The molecule has 1 fully saturated rings. The highest BCUT2D eigenvalue weighted by atomic mass is 19.4. The van der Waals surface area contributed by atoms with Gasteiger partial charge in [-0.2, -0.15) is 13.2 Å².